The van der Waals surface area contributed by atoms with E-state index >= 15 is 0 Å². The van der Waals surface area contributed by atoms with Gasteiger partial charge in [0.1, 0.15) is 5.75 Å². The molecular formula is C25H32N4O3S. The van der Waals surface area contributed by atoms with Crippen LogP contribution in [0.15, 0.2) is 48.5 Å². The Bertz CT molecular complexity index is 974. The monoisotopic (exact) mass is 468 g/mol. The molecule has 1 heterocycles. The van der Waals surface area contributed by atoms with Crippen LogP contribution in [-0.4, -0.2) is 54.6 Å². The predicted molar refractivity (Wildman–Crippen MR) is 136 cm³/mol. The maximum Gasteiger partial charge on any atom is 0.257 e. The maximum atomic E-state index is 12.7. The number of piperazine rings is 1. The molecule has 0 spiro atoms. The van der Waals surface area contributed by atoms with Crippen molar-refractivity contribution in [2.75, 3.05) is 43.0 Å². The molecule has 2 amide bonds. The summed E-state index contributed by atoms with van der Waals surface area (Å²) in [4.78, 5) is 28.8. The van der Waals surface area contributed by atoms with E-state index in [9.17, 15) is 9.59 Å². The fourth-order valence-corrected chi connectivity index (χ4v) is 3.87. The topological polar surface area (TPSA) is 73.9 Å². The van der Waals surface area contributed by atoms with Gasteiger partial charge in [0.15, 0.2) is 5.11 Å². The molecule has 0 unspecified atom stereocenters. The highest BCUT2D eigenvalue weighted by Gasteiger charge is 2.22. The molecule has 0 aliphatic carbocycles. The Hall–Kier alpha value is -3.13. The van der Waals surface area contributed by atoms with Crippen molar-refractivity contribution in [3.8, 4) is 5.75 Å². The van der Waals surface area contributed by atoms with E-state index in [1.165, 1.54) is 0 Å². The second-order valence-corrected chi connectivity index (χ2v) is 8.28. The first kappa shape index (κ1) is 24.5. The lowest BCUT2D eigenvalue weighted by atomic mass is 10.2. The van der Waals surface area contributed by atoms with Gasteiger partial charge in [-0.25, -0.2) is 0 Å². The van der Waals surface area contributed by atoms with Crippen molar-refractivity contribution in [3.63, 3.8) is 0 Å². The van der Waals surface area contributed by atoms with Crippen LogP contribution in [0, 0.1) is 0 Å². The van der Waals surface area contributed by atoms with Crippen LogP contribution in [-0.2, 0) is 4.79 Å². The van der Waals surface area contributed by atoms with E-state index in [1.807, 2.05) is 42.2 Å². The minimum absolute atomic E-state index is 0.185. The van der Waals surface area contributed by atoms with Gasteiger partial charge < -0.3 is 19.9 Å². The van der Waals surface area contributed by atoms with Crippen LogP contribution in [0.3, 0.4) is 0 Å². The molecule has 7 nitrogen and oxygen atoms in total. The minimum Gasteiger partial charge on any atom is -0.494 e. The number of para-hydroxylation sites is 2. The SMILES string of the molecule is CCCCOc1cccc(C(=O)NC(=S)Nc2ccccc2N2CCN(C(=O)CC)CC2)c1. The molecule has 0 saturated carbocycles. The van der Waals surface area contributed by atoms with Crippen LogP contribution < -0.4 is 20.3 Å². The van der Waals surface area contributed by atoms with Crippen LogP contribution in [0.2, 0.25) is 0 Å². The van der Waals surface area contributed by atoms with Gasteiger partial charge in [0.25, 0.3) is 5.91 Å². The summed E-state index contributed by atoms with van der Waals surface area (Å²) in [5.74, 6) is 0.559. The highest BCUT2D eigenvalue weighted by molar-refractivity contribution is 7.80. The van der Waals surface area contributed by atoms with E-state index in [2.05, 4.69) is 22.5 Å². The van der Waals surface area contributed by atoms with Gasteiger partial charge in [-0.15, -0.1) is 0 Å². The van der Waals surface area contributed by atoms with Crippen LogP contribution >= 0.6 is 12.2 Å². The molecule has 1 aliphatic heterocycles. The van der Waals surface area contributed by atoms with Crippen LogP contribution in [0.1, 0.15) is 43.5 Å². The number of unbranched alkanes of at least 4 members (excludes halogenated alkanes) is 1. The van der Waals surface area contributed by atoms with Gasteiger partial charge in [-0.2, -0.15) is 0 Å². The molecule has 3 rings (SSSR count). The zero-order chi connectivity index (χ0) is 23.6. The molecule has 0 bridgehead atoms. The predicted octanol–water partition coefficient (Wildman–Crippen LogP) is 4.05. The standard InChI is InChI=1S/C25H32N4O3S/c1-3-5-17-32-20-10-8-9-19(18-20)24(31)27-25(33)26-21-11-6-7-12-22(21)28-13-15-29(16-14-28)23(30)4-2/h6-12,18H,3-5,13-17H2,1-2H3,(H2,26,27,31,33). The van der Waals surface area contributed by atoms with Gasteiger partial charge in [-0.05, 0) is 49.0 Å². The maximum absolute atomic E-state index is 12.7. The Morgan fingerprint density at radius 3 is 2.52 bits per heavy atom. The van der Waals surface area contributed by atoms with Crippen LogP contribution in [0.5, 0.6) is 5.75 Å². The molecular weight excluding hydrogens is 436 g/mol. The summed E-state index contributed by atoms with van der Waals surface area (Å²) < 4.78 is 5.69. The van der Waals surface area contributed by atoms with Crippen molar-refractivity contribution in [2.24, 2.45) is 0 Å². The van der Waals surface area contributed by atoms with Gasteiger partial charge >= 0.3 is 0 Å². The van der Waals surface area contributed by atoms with Crippen molar-refractivity contribution in [3.05, 3.63) is 54.1 Å². The van der Waals surface area contributed by atoms with E-state index in [0.717, 1.165) is 37.3 Å². The number of carbonyl (C=O) groups is 2. The number of nitrogens with zero attached hydrogens (tertiary/aromatic N) is 2. The smallest absolute Gasteiger partial charge is 0.257 e. The van der Waals surface area contributed by atoms with Gasteiger partial charge in [0, 0.05) is 38.2 Å². The zero-order valence-corrected chi connectivity index (χ0v) is 20.1. The van der Waals surface area contributed by atoms with Gasteiger partial charge in [-0.1, -0.05) is 38.5 Å². The lowest BCUT2D eigenvalue weighted by Gasteiger charge is -2.37. The number of benzene rings is 2. The van der Waals surface area contributed by atoms with Crippen molar-refractivity contribution < 1.29 is 14.3 Å². The third-order valence-corrected chi connectivity index (χ3v) is 5.72. The summed E-state index contributed by atoms with van der Waals surface area (Å²) in [7, 11) is 0. The molecule has 0 aromatic heterocycles. The second kappa shape index (κ2) is 12.2. The normalized spacial score (nSPS) is 13.4. The lowest BCUT2D eigenvalue weighted by Crippen LogP contribution is -2.48. The second-order valence-electron chi connectivity index (χ2n) is 7.88. The van der Waals surface area contributed by atoms with Gasteiger partial charge in [0.05, 0.1) is 18.0 Å². The Morgan fingerprint density at radius 2 is 1.79 bits per heavy atom. The molecule has 33 heavy (non-hydrogen) atoms. The molecule has 2 aromatic carbocycles. The molecule has 1 aliphatic rings. The minimum atomic E-state index is -0.294. The Balaban J connectivity index is 1.60. The Labute approximate surface area is 201 Å². The number of anilines is 2. The average Bonchev–Trinajstić information content (AvgIpc) is 2.84. The Kier molecular flexibility index (Phi) is 9.06. The quantitative estimate of drug-likeness (QED) is 0.450. The highest BCUT2D eigenvalue weighted by atomic mass is 32.1. The molecule has 0 atom stereocenters. The summed E-state index contributed by atoms with van der Waals surface area (Å²) in [6.45, 7) is 7.49. The van der Waals surface area contributed by atoms with E-state index in [1.54, 1.807) is 18.2 Å². The summed E-state index contributed by atoms with van der Waals surface area (Å²) >= 11 is 5.41. The number of nitrogens with one attached hydrogen (secondary N) is 2. The Morgan fingerprint density at radius 1 is 1.03 bits per heavy atom. The molecule has 8 heteroatoms. The number of thiocarbonyl (C=S) groups is 1. The first-order valence-electron chi connectivity index (χ1n) is 11.5. The summed E-state index contributed by atoms with van der Waals surface area (Å²) in [6.07, 6.45) is 2.54. The molecule has 1 fully saturated rings. The lowest BCUT2D eigenvalue weighted by molar-refractivity contribution is -0.131. The third kappa shape index (κ3) is 6.92. The van der Waals surface area contributed by atoms with Crippen molar-refractivity contribution in [2.45, 2.75) is 33.1 Å². The largest absolute Gasteiger partial charge is 0.494 e. The fourth-order valence-electron chi connectivity index (χ4n) is 3.67. The fraction of sp³-hybridized carbons (Fsp3) is 0.400. The van der Waals surface area contributed by atoms with E-state index in [0.29, 0.717) is 37.4 Å². The van der Waals surface area contributed by atoms with Crippen LogP contribution in [0.25, 0.3) is 0 Å². The number of carbonyl (C=O) groups excluding carboxylic acids is 2. The summed E-state index contributed by atoms with van der Waals surface area (Å²) in [5, 5.41) is 6.14. The van der Waals surface area contributed by atoms with Crippen molar-refractivity contribution >= 4 is 40.5 Å². The van der Waals surface area contributed by atoms with E-state index in [-0.39, 0.29) is 16.9 Å². The highest BCUT2D eigenvalue weighted by Crippen LogP contribution is 2.26. The number of hydrogen-bond donors (Lipinski definition) is 2. The van der Waals surface area contributed by atoms with Crippen LogP contribution in [0.4, 0.5) is 11.4 Å². The summed E-state index contributed by atoms with van der Waals surface area (Å²) in [5.41, 5.74) is 2.29. The molecule has 1 saturated heterocycles. The first-order valence-corrected chi connectivity index (χ1v) is 11.9. The molecule has 176 valence electrons. The number of hydrogen-bond acceptors (Lipinski definition) is 5. The van der Waals surface area contributed by atoms with Gasteiger partial charge in [0.2, 0.25) is 5.91 Å². The third-order valence-electron chi connectivity index (χ3n) is 5.52. The number of amides is 2. The van der Waals surface area contributed by atoms with Crippen molar-refractivity contribution in [1.29, 1.82) is 0 Å². The van der Waals surface area contributed by atoms with E-state index in [4.69, 9.17) is 17.0 Å². The molecule has 0 radical (unpaired) electrons. The molecule has 2 aromatic rings. The average molecular weight is 469 g/mol. The molecule has 2 N–H and O–H groups in total. The van der Waals surface area contributed by atoms with Gasteiger partial charge in [-0.3, -0.25) is 14.9 Å². The summed E-state index contributed by atoms with van der Waals surface area (Å²) in [6, 6.07) is 14.9. The first-order chi connectivity index (χ1) is 16.0. The zero-order valence-electron chi connectivity index (χ0n) is 19.3. The van der Waals surface area contributed by atoms with Crippen molar-refractivity contribution in [1.82, 2.24) is 10.2 Å². The number of rotatable bonds is 8. The number of ether oxygens (including phenoxy) is 1. The van der Waals surface area contributed by atoms with E-state index < -0.39 is 0 Å².